The maximum Gasteiger partial charge on any atom is 0.240 e. The number of rotatable bonds is 4. The van der Waals surface area contributed by atoms with Crippen LogP contribution in [0.1, 0.15) is 51.0 Å². The van der Waals surface area contributed by atoms with Gasteiger partial charge >= 0.3 is 0 Å². The Kier molecular flexibility index (Phi) is 5.01. The lowest BCUT2D eigenvalue weighted by molar-refractivity contribution is -0.119. The van der Waals surface area contributed by atoms with Gasteiger partial charge in [-0.25, -0.2) is 4.68 Å². The number of aromatic nitrogens is 4. The monoisotopic (exact) mass is 357 g/mol. The number of piperidine rings is 1. The van der Waals surface area contributed by atoms with Gasteiger partial charge in [-0.2, -0.15) is 0 Å². The van der Waals surface area contributed by atoms with Gasteiger partial charge in [-0.1, -0.05) is 49.2 Å². The van der Waals surface area contributed by atoms with Crippen molar-refractivity contribution in [3.8, 4) is 0 Å². The molecule has 1 saturated heterocycles. The predicted octanol–water partition coefficient (Wildman–Crippen LogP) is 3.47. The van der Waals surface area contributed by atoms with Crippen molar-refractivity contribution >= 4 is 23.4 Å². The largest absolute Gasteiger partial charge is 0.311 e. The molecule has 4 rings (SSSR count). The lowest BCUT2D eigenvalue weighted by atomic mass is 9.96. The summed E-state index contributed by atoms with van der Waals surface area (Å²) in [7, 11) is 0. The highest BCUT2D eigenvalue weighted by Crippen LogP contribution is 2.34. The second kappa shape index (κ2) is 7.56. The number of hydrogen-bond donors (Lipinski definition) is 0. The Morgan fingerprint density at radius 1 is 1.00 bits per heavy atom. The number of amides is 1. The average Bonchev–Trinajstić information content (AvgIpc) is 3.13. The molecule has 1 amide bonds. The third kappa shape index (κ3) is 3.56. The van der Waals surface area contributed by atoms with Crippen molar-refractivity contribution in [3.63, 3.8) is 0 Å². The highest BCUT2D eigenvalue weighted by atomic mass is 32.2. The zero-order valence-electron chi connectivity index (χ0n) is 14.3. The molecule has 25 heavy (non-hydrogen) atoms. The summed E-state index contributed by atoms with van der Waals surface area (Å²) in [6, 6.07) is 10.3. The summed E-state index contributed by atoms with van der Waals surface area (Å²) in [6.45, 7) is 0.785. The summed E-state index contributed by atoms with van der Waals surface area (Å²) >= 11 is 1.53. The topological polar surface area (TPSA) is 63.9 Å². The first-order chi connectivity index (χ1) is 12.3. The van der Waals surface area contributed by atoms with Crippen molar-refractivity contribution in [1.29, 1.82) is 0 Å². The summed E-state index contributed by atoms with van der Waals surface area (Å²) in [4.78, 5) is 14.9. The molecule has 1 aromatic heterocycles. The standard InChI is InChI=1S/C18H23N5OS/c24-17-16(12-7-13-22(17)14-8-3-1-4-9-14)25-18-19-20-21-23(18)15-10-5-2-6-11-15/h1,3-4,8-9,15-16H,2,5-7,10-13H2. The predicted molar refractivity (Wildman–Crippen MR) is 97.6 cm³/mol. The van der Waals surface area contributed by atoms with Crippen LogP contribution in [0.25, 0.3) is 0 Å². The SMILES string of the molecule is O=C1C(Sc2nnnn2C2CCCCC2)CCCN1c1ccccc1. The van der Waals surface area contributed by atoms with Gasteiger partial charge < -0.3 is 4.90 Å². The van der Waals surface area contributed by atoms with Crippen LogP contribution in [0.3, 0.4) is 0 Å². The van der Waals surface area contributed by atoms with Crippen molar-refractivity contribution in [1.82, 2.24) is 20.2 Å². The minimum Gasteiger partial charge on any atom is -0.311 e. The molecular weight excluding hydrogens is 334 g/mol. The van der Waals surface area contributed by atoms with Crippen molar-refractivity contribution in [2.45, 2.75) is 61.4 Å². The van der Waals surface area contributed by atoms with E-state index in [4.69, 9.17) is 0 Å². The van der Waals surface area contributed by atoms with Gasteiger partial charge in [-0.15, -0.1) is 5.10 Å². The van der Waals surface area contributed by atoms with Crippen molar-refractivity contribution in [2.24, 2.45) is 0 Å². The highest BCUT2D eigenvalue weighted by molar-refractivity contribution is 8.00. The van der Waals surface area contributed by atoms with E-state index in [-0.39, 0.29) is 11.2 Å². The Bertz CT molecular complexity index is 713. The van der Waals surface area contributed by atoms with Crippen LogP contribution < -0.4 is 4.90 Å². The molecular formula is C18H23N5OS. The molecule has 0 radical (unpaired) electrons. The van der Waals surface area contributed by atoms with Crippen LogP contribution in [-0.4, -0.2) is 37.9 Å². The molecule has 1 aliphatic heterocycles. The van der Waals surface area contributed by atoms with Crippen LogP contribution >= 0.6 is 11.8 Å². The first-order valence-electron chi connectivity index (χ1n) is 9.14. The van der Waals surface area contributed by atoms with Crippen molar-refractivity contribution in [3.05, 3.63) is 30.3 Å². The number of carbonyl (C=O) groups excluding carboxylic acids is 1. The van der Waals surface area contributed by atoms with E-state index in [0.29, 0.717) is 6.04 Å². The molecule has 2 aliphatic rings. The van der Waals surface area contributed by atoms with Crippen LogP contribution in [-0.2, 0) is 4.79 Å². The average molecular weight is 357 g/mol. The molecule has 2 heterocycles. The fourth-order valence-electron chi connectivity index (χ4n) is 3.76. The second-order valence-electron chi connectivity index (χ2n) is 6.77. The fraction of sp³-hybridized carbons (Fsp3) is 0.556. The number of nitrogens with zero attached hydrogens (tertiary/aromatic N) is 5. The summed E-state index contributed by atoms with van der Waals surface area (Å²) in [5.41, 5.74) is 0.977. The molecule has 2 fully saturated rings. The number of thioether (sulfide) groups is 1. The summed E-state index contributed by atoms with van der Waals surface area (Å²) in [5.74, 6) is 0.167. The summed E-state index contributed by atoms with van der Waals surface area (Å²) in [5, 5.41) is 13.0. The van der Waals surface area contributed by atoms with E-state index in [2.05, 4.69) is 15.5 Å². The summed E-state index contributed by atoms with van der Waals surface area (Å²) < 4.78 is 1.96. The number of para-hydroxylation sites is 1. The van der Waals surface area contributed by atoms with Crippen molar-refractivity contribution < 1.29 is 4.79 Å². The van der Waals surface area contributed by atoms with Crippen LogP contribution in [0.5, 0.6) is 0 Å². The molecule has 1 atom stereocenters. The fourth-order valence-corrected chi connectivity index (χ4v) is 4.91. The van der Waals surface area contributed by atoms with Gasteiger partial charge in [-0.3, -0.25) is 4.79 Å². The quantitative estimate of drug-likeness (QED) is 0.838. The van der Waals surface area contributed by atoms with Gasteiger partial charge in [-0.05, 0) is 48.2 Å². The molecule has 1 aromatic carbocycles. The van der Waals surface area contributed by atoms with Gasteiger partial charge in [0.05, 0.1) is 11.3 Å². The Balaban J connectivity index is 1.49. The third-order valence-corrected chi connectivity index (χ3v) is 6.29. The third-order valence-electron chi connectivity index (χ3n) is 5.09. The molecule has 7 heteroatoms. The van der Waals surface area contributed by atoms with E-state index < -0.39 is 0 Å². The molecule has 1 unspecified atom stereocenters. The Morgan fingerprint density at radius 3 is 2.60 bits per heavy atom. The van der Waals surface area contributed by atoms with E-state index in [0.717, 1.165) is 43.1 Å². The van der Waals surface area contributed by atoms with Crippen LogP contribution in [0.2, 0.25) is 0 Å². The van der Waals surface area contributed by atoms with E-state index in [9.17, 15) is 4.79 Å². The highest BCUT2D eigenvalue weighted by Gasteiger charge is 2.32. The van der Waals surface area contributed by atoms with E-state index in [1.165, 1.54) is 31.0 Å². The van der Waals surface area contributed by atoms with Gasteiger partial charge in [0.25, 0.3) is 0 Å². The number of benzene rings is 1. The van der Waals surface area contributed by atoms with Gasteiger partial charge in [0.2, 0.25) is 11.1 Å². The summed E-state index contributed by atoms with van der Waals surface area (Å²) in [6.07, 6.45) is 7.92. The maximum absolute atomic E-state index is 13.0. The Hall–Kier alpha value is -1.89. The normalized spacial score (nSPS) is 22.3. The second-order valence-corrected chi connectivity index (χ2v) is 7.94. The zero-order valence-corrected chi connectivity index (χ0v) is 15.1. The number of hydrogen-bond acceptors (Lipinski definition) is 5. The van der Waals surface area contributed by atoms with Crippen molar-refractivity contribution in [2.75, 3.05) is 11.4 Å². The smallest absolute Gasteiger partial charge is 0.240 e. The Morgan fingerprint density at radius 2 is 1.80 bits per heavy atom. The van der Waals surface area contributed by atoms with E-state index in [1.54, 1.807) is 0 Å². The number of carbonyl (C=O) groups is 1. The maximum atomic E-state index is 13.0. The molecule has 0 N–H and O–H groups in total. The van der Waals surface area contributed by atoms with Gasteiger partial charge in [0.1, 0.15) is 0 Å². The van der Waals surface area contributed by atoms with Crippen LogP contribution in [0.4, 0.5) is 5.69 Å². The minimum atomic E-state index is -0.109. The molecule has 0 bridgehead atoms. The molecule has 2 aromatic rings. The van der Waals surface area contributed by atoms with E-state index in [1.807, 2.05) is 39.9 Å². The molecule has 6 nitrogen and oxygen atoms in total. The molecule has 1 saturated carbocycles. The first kappa shape index (κ1) is 16.6. The lowest BCUT2D eigenvalue weighted by Crippen LogP contribution is -2.43. The van der Waals surface area contributed by atoms with E-state index >= 15 is 0 Å². The Labute approximate surface area is 152 Å². The number of tetrazole rings is 1. The number of anilines is 1. The zero-order chi connectivity index (χ0) is 17.1. The van der Waals surface area contributed by atoms with Crippen LogP contribution in [0, 0.1) is 0 Å². The molecule has 0 spiro atoms. The minimum absolute atomic E-state index is 0.109. The van der Waals surface area contributed by atoms with Crippen LogP contribution in [0.15, 0.2) is 35.5 Å². The lowest BCUT2D eigenvalue weighted by Gasteiger charge is -2.32. The van der Waals surface area contributed by atoms with Gasteiger partial charge in [0.15, 0.2) is 0 Å². The first-order valence-corrected chi connectivity index (χ1v) is 10.0. The molecule has 1 aliphatic carbocycles. The molecule has 132 valence electrons. The van der Waals surface area contributed by atoms with Gasteiger partial charge in [0, 0.05) is 12.2 Å².